The molecule has 128 valence electrons. The summed E-state index contributed by atoms with van der Waals surface area (Å²) < 4.78 is 5.67. The summed E-state index contributed by atoms with van der Waals surface area (Å²) in [5.74, 6) is 0.928. The smallest absolute Gasteiger partial charge is 0.119 e. The van der Waals surface area contributed by atoms with E-state index in [1.807, 2.05) is 30.5 Å². The quantitative estimate of drug-likeness (QED) is 0.369. The van der Waals surface area contributed by atoms with Gasteiger partial charge in [-0.2, -0.15) is 0 Å². The van der Waals surface area contributed by atoms with E-state index in [2.05, 4.69) is 43.1 Å². The lowest BCUT2D eigenvalue weighted by atomic mass is 10.1. The van der Waals surface area contributed by atoms with Crippen molar-refractivity contribution in [1.82, 2.24) is 0 Å². The van der Waals surface area contributed by atoms with Crippen LogP contribution in [0.15, 0.2) is 53.5 Å². The van der Waals surface area contributed by atoms with Gasteiger partial charge in [0.05, 0.1) is 12.3 Å². The Balaban J connectivity index is 1.86. The van der Waals surface area contributed by atoms with Crippen molar-refractivity contribution in [3.8, 4) is 5.75 Å². The Morgan fingerprint density at radius 2 is 1.54 bits per heavy atom. The highest BCUT2D eigenvalue weighted by Crippen LogP contribution is 2.16. The number of rotatable bonds is 10. The summed E-state index contributed by atoms with van der Waals surface area (Å²) in [5, 5.41) is 0. The number of nitrogens with zero attached hydrogens (tertiary/aromatic N) is 1. The minimum absolute atomic E-state index is 0.786. The molecular formula is C22H29NO. The van der Waals surface area contributed by atoms with Crippen LogP contribution in [-0.2, 0) is 6.42 Å². The molecule has 2 heteroatoms. The molecule has 0 radical (unpaired) electrons. The fourth-order valence-electron chi connectivity index (χ4n) is 2.46. The molecule has 0 spiro atoms. The lowest BCUT2D eigenvalue weighted by Crippen LogP contribution is -1.96. The predicted molar refractivity (Wildman–Crippen MR) is 104 cm³/mol. The summed E-state index contributed by atoms with van der Waals surface area (Å²) in [6.45, 7) is 5.19. The van der Waals surface area contributed by atoms with Gasteiger partial charge in [0.2, 0.25) is 0 Å². The monoisotopic (exact) mass is 323 g/mol. The molecule has 0 aliphatic rings. The van der Waals surface area contributed by atoms with Gasteiger partial charge in [-0.3, -0.25) is 4.99 Å². The first-order chi connectivity index (χ1) is 11.8. The van der Waals surface area contributed by atoms with Crippen LogP contribution in [0.25, 0.3) is 0 Å². The minimum Gasteiger partial charge on any atom is -0.494 e. The van der Waals surface area contributed by atoms with E-state index < -0.39 is 0 Å². The molecule has 24 heavy (non-hydrogen) atoms. The van der Waals surface area contributed by atoms with E-state index >= 15 is 0 Å². The SMILES string of the molecule is CCCCCc1ccc(/N=C/c2ccc(OCCCC)cc2)cc1. The van der Waals surface area contributed by atoms with E-state index in [1.165, 1.54) is 24.8 Å². The van der Waals surface area contributed by atoms with Crippen LogP contribution in [0.3, 0.4) is 0 Å². The van der Waals surface area contributed by atoms with Crippen LogP contribution in [0.1, 0.15) is 57.1 Å². The summed E-state index contributed by atoms with van der Waals surface area (Å²) in [6, 6.07) is 16.7. The Bertz CT molecular complexity index is 543. The maximum absolute atomic E-state index is 5.67. The number of benzene rings is 2. The van der Waals surface area contributed by atoms with Crippen LogP contribution >= 0.6 is 0 Å². The predicted octanol–water partition coefficient (Wildman–Crippen LogP) is 6.35. The van der Waals surface area contributed by atoms with Gasteiger partial charge >= 0.3 is 0 Å². The molecule has 0 aliphatic heterocycles. The lowest BCUT2D eigenvalue weighted by molar-refractivity contribution is 0.309. The Morgan fingerprint density at radius 1 is 0.833 bits per heavy atom. The van der Waals surface area contributed by atoms with Gasteiger partial charge < -0.3 is 4.74 Å². The van der Waals surface area contributed by atoms with Gasteiger partial charge in [-0.05, 0) is 66.8 Å². The third kappa shape index (κ3) is 6.57. The maximum Gasteiger partial charge on any atom is 0.119 e. The average Bonchev–Trinajstić information content (AvgIpc) is 2.63. The number of aryl methyl sites for hydroxylation is 1. The second-order valence-corrected chi connectivity index (χ2v) is 6.15. The highest BCUT2D eigenvalue weighted by Gasteiger charge is 1.96. The first-order valence-corrected chi connectivity index (χ1v) is 9.17. The van der Waals surface area contributed by atoms with Crippen molar-refractivity contribution in [3.63, 3.8) is 0 Å². The third-order valence-electron chi connectivity index (χ3n) is 4.01. The third-order valence-corrected chi connectivity index (χ3v) is 4.01. The molecule has 0 aliphatic carbocycles. The number of aliphatic imine (C=N–C) groups is 1. The van der Waals surface area contributed by atoms with Gasteiger partial charge in [-0.25, -0.2) is 0 Å². The fraction of sp³-hybridized carbons (Fsp3) is 0.409. The Hall–Kier alpha value is -2.09. The molecule has 0 atom stereocenters. The van der Waals surface area contributed by atoms with Crippen molar-refractivity contribution < 1.29 is 4.74 Å². The average molecular weight is 323 g/mol. The molecule has 0 bridgehead atoms. The standard InChI is InChI=1S/C22H29NO/c1-3-5-7-8-19-9-13-21(14-10-19)23-18-20-11-15-22(16-12-20)24-17-6-4-2/h9-16,18H,3-8,17H2,1-2H3/b23-18+. The Morgan fingerprint density at radius 3 is 2.21 bits per heavy atom. The summed E-state index contributed by atoms with van der Waals surface area (Å²) in [6.07, 6.45) is 9.16. The van der Waals surface area contributed by atoms with Crippen molar-refractivity contribution in [1.29, 1.82) is 0 Å². The second-order valence-electron chi connectivity index (χ2n) is 6.15. The summed E-state index contributed by atoms with van der Waals surface area (Å²) in [4.78, 5) is 4.55. The molecule has 0 saturated heterocycles. The lowest BCUT2D eigenvalue weighted by Gasteiger charge is -2.05. The zero-order valence-corrected chi connectivity index (χ0v) is 15.0. The normalized spacial score (nSPS) is 11.1. The minimum atomic E-state index is 0.786. The first-order valence-electron chi connectivity index (χ1n) is 9.17. The van der Waals surface area contributed by atoms with E-state index in [-0.39, 0.29) is 0 Å². The van der Waals surface area contributed by atoms with Crippen molar-refractivity contribution in [3.05, 3.63) is 59.7 Å². The van der Waals surface area contributed by atoms with Crippen LogP contribution in [-0.4, -0.2) is 12.8 Å². The number of hydrogen-bond acceptors (Lipinski definition) is 2. The molecule has 2 rings (SSSR count). The van der Waals surface area contributed by atoms with Gasteiger partial charge in [-0.1, -0.05) is 45.2 Å². The Kier molecular flexibility index (Phi) is 8.09. The highest BCUT2D eigenvalue weighted by atomic mass is 16.5. The van der Waals surface area contributed by atoms with Crippen LogP contribution in [0, 0.1) is 0 Å². The van der Waals surface area contributed by atoms with Crippen molar-refractivity contribution in [2.24, 2.45) is 4.99 Å². The summed E-state index contributed by atoms with van der Waals surface area (Å²) in [5.41, 5.74) is 3.48. The van der Waals surface area contributed by atoms with Gasteiger partial charge in [-0.15, -0.1) is 0 Å². The van der Waals surface area contributed by atoms with Gasteiger partial charge in [0.25, 0.3) is 0 Å². The van der Waals surface area contributed by atoms with E-state index in [4.69, 9.17) is 4.74 Å². The molecule has 0 heterocycles. The topological polar surface area (TPSA) is 21.6 Å². The number of ether oxygens (including phenoxy) is 1. The maximum atomic E-state index is 5.67. The van der Waals surface area contributed by atoms with E-state index in [9.17, 15) is 0 Å². The van der Waals surface area contributed by atoms with Crippen LogP contribution in [0.2, 0.25) is 0 Å². The Labute approximate surface area is 146 Å². The summed E-state index contributed by atoms with van der Waals surface area (Å²) >= 11 is 0. The van der Waals surface area contributed by atoms with Gasteiger partial charge in [0, 0.05) is 6.21 Å². The molecule has 0 amide bonds. The highest BCUT2D eigenvalue weighted by molar-refractivity contribution is 5.82. The molecule has 0 saturated carbocycles. The molecule has 0 unspecified atom stereocenters. The molecule has 0 fully saturated rings. The first kappa shape index (κ1) is 18.3. The fourth-order valence-corrected chi connectivity index (χ4v) is 2.46. The summed E-state index contributed by atoms with van der Waals surface area (Å²) in [7, 11) is 0. The van der Waals surface area contributed by atoms with E-state index in [1.54, 1.807) is 0 Å². The van der Waals surface area contributed by atoms with E-state index in [0.717, 1.165) is 42.9 Å². The largest absolute Gasteiger partial charge is 0.494 e. The molecule has 0 N–H and O–H groups in total. The van der Waals surface area contributed by atoms with Crippen molar-refractivity contribution in [2.75, 3.05) is 6.61 Å². The molecule has 2 nitrogen and oxygen atoms in total. The molecular weight excluding hydrogens is 294 g/mol. The van der Waals surface area contributed by atoms with E-state index in [0.29, 0.717) is 0 Å². The number of hydrogen-bond donors (Lipinski definition) is 0. The van der Waals surface area contributed by atoms with Crippen LogP contribution < -0.4 is 4.74 Å². The molecule has 0 aromatic heterocycles. The zero-order chi connectivity index (χ0) is 17.0. The number of unbranched alkanes of at least 4 members (excludes halogenated alkanes) is 3. The molecule has 2 aromatic rings. The van der Waals surface area contributed by atoms with Gasteiger partial charge in [0.1, 0.15) is 5.75 Å². The van der Waals surface area contributed by atoms with Crippen LogP contribution in [0.5, 0.6) is 5.75 Å². The second kappa shape index (κ2) is 10.6. The zero-order valence-electron chi connectivity index (χ0n) is 15.0. The van der Waals surface area contributed by atoms with Crippen molar-refractivity contribution >= 4 is 11.9 Å². The van der Waals surface area contributed by atoms with Gasteiger partial charge in [0.15, 0.2) is 0 Å². The van der Waals surface area contributed by atoms with Crippen molar-refractivity contribution in [2.45, 2.75) is 52.4 Å². The molecule has 2 aromatic carbocycles. The van der Waals surface area contributed by atoms with Crippen LogP contribution in [0.4, 0.5) is 5.69 Å².